The molecular weight excluding hydrogens is 400 g/mol. The highest BCUT2D eigenvalue weighted by Gasteiger charge is 2.21. The molecule has 1 heterocycles. The number of ether oxygens (including phenoxy) is 1. The van der Waals surface area contributed by atoms with Gasteiger partial charge >= 0.3 is 0 Å². The van der Waals surface area contributed by atoms with Gasteiger partial charge in [0, 0.05) is 18.0 Å². The Balaban J connectivity index is 1.66. The molecule has 0 bridgehead atoms. The zero-order valence-electron chi connectivity index (χ0n) is 16.9. The van der Waals surface area contributed by atoms with Gasteiger partial charge in [-0.2, -0.15) is 0 Å². The maximum atomic E-state index is 12.7. The molecule has 1 atom stereocenters. The zero-order valence-corrected chi connectivity index (χ0v) is 17.7. The summed E-state index contributed by atoms with van der Waals surface area (Å²) in [5, 5.41) is 2.87. The maximum absolute atomic E-state index is 12.7. The number of carbonyl (C=O) groups excluding carboxylic acids is 1. The lowest BCUT2D eigenvalue weighted by Gasteiger charge is -2.16. The summed E-state index contributed by atoms with van der Waals surface area (Å²) in [7, 11) is -3.49. The molecule has 7 heteroatoms. The summed E-state index contributed by atoms with van der Waals surface area (Å²) in [6.07, 6.45) is 3.46. The van der Waals surface area contributed by atoms with Crippen LogP contribution in [0.1, 0.15) is 41.4 Å². The first-order chi connectivity index (χ1) is 14.4. The lowest BCUT2D eigenvalue weighted by Crippen LogP contribution is -2.28. The molecule has 6 nitrogen and oxygen atoms in total. The van der Waals surface area contributed by atoms with E-state index in [0.29, 0.717) is 12.4 Å². The Bertz CT molecular complexity index is 1100. The summed E-state index contributed by atoms with van der Waals surface area (Å²) in [6.45, 7) is 3.83. The van der Waals surface area contributed by atoms with E-state index >= 15 is 0 Å². The van der Waals surface area contributed by atoms with Gasteiger partial charge in [-0.25, -0.2) is 8.42 Å². The van der Waals surface area contributed by atoms with Gasteiger partial charge in [0.1, 0.15) is 12.4 Å². The second-order valence-electron chi connectivity index (χ2n) is 6.81. The second-order valence-corrected chi connectivity index (χ2v) is 9.06. The molecule has 3 rings (SSSR count). The number of amides is 1. The summed E-state index contributed by atoms with van der Waals surface area (Å²) >= 11 is 0. The highest BCUT2D eigenvalue weighted by Crippen LogP contribution is 2.21. The number of nitrogens with one attached hydrogen (secondary N) is 1. The fourth-order valence-electron chi connectivity index (χ4n) is 2.94. The molecule has 1 unspecified atom stereocenters. The van der Waals surface area contributed by atoms with Crippen LogP contribution in [0.15, 0.2) is 78.0 Å². The fourth-order valence-corrected chi connectivity index (χ4v) is 4.03. The molecule has 0 aliphatic rings. The Morgan fingerprint density at radius 2 is 1.80 bits per heavy atom. The largest absolute Gasteiger partial charge is 0.489 e. The van der Waals surface area contributed by atoms with Gasteiger partial charge in [0.25, 0.3) is 5.91 Å². The minimum absolute atomic E-state index is 0.0522. The summed E-state index contributed by atoms with van der Waals surface area (Å²) in [6, 6.07) is 17.2. The molecule has 0 aliphatic heterocycles. The summed E-state index contributed by atoms with van der Waals surface area (Å²) in [4.78, 5) is 16.8. The van der Waals surface area contributed by atoms with Crippen LogP contribution in [-0.4, -0.2) is 25.1 Å². The monoisotopic (exact) mass is 424 g/mol. The molecule has 3 aromatic rings. The number of sulfone groups is 1. The van der Waals surface area contributed by atoms with Crippen LogP contribution in [0.3, 0.4) is 0 Å². The van der Waals surface area contributed by atoms with Gasteiger partial charge < -0.3 is 10.1 Å². The van der Waals surface area contributed by atoms with E-state index in [9.17, 15) is 13.2 Å². The number of pyridine rings is 1. The van der Waals surface area contributed by atoms with E-state index in [1.54, 1.807) is 31.5 Å². The number of hydrogen-bond acceptors (Lipinski definition) is 5. The third-order valence-electron chi connectivity index (χ3n) is 4.70. The van der Waals surface area contributed by atoms with E-state index in [4.69, 9.17) is 4.74 Å². The Morgan fingerprint density at radius 1 is 1.07 bits per heavy atom. The average Bonchev–Trinajstić information content (AvgIpc) is 2.78. The van der Waals surface area contributed by atoms with Crippen LogP contribution in [0, 0.1) is 0 Å². The third kappa shape index (κ3) is 5.24. The molecule has 1 N–H and O–H groups in total. The van der Waals surface area contributed by atoms with Gasteiger partial charge in [0.05, 0.1) is 22.3 Å². The Labute approximate surface area is 176 Å². The molecule has 2 aromatic carbocycles. The van der Waals surface area contributed by atoms with E-state index in [-0.39, 0.29) is 22.3 Å². The van der Waals surface area contributed by atoms with Crippen LogP contribution in [0.4, 0.5) is 0 Å². The molecule has 1 amide bonds. The van der Waals surface area contributed by atoms with E-state index in [2.05, 4.69) is 10.3 Å². The average molecular weight is 425 g/mol. The lowest BCUT2D eigenvalue weighted by molar-refractivity contribution is 0.0936. The number of rotatable bonds is 8. The van der Waals surface area contributed by atoms with Gasteiger partial charge in [-0.1, -0.05) is 37.3 Å². The normalized spacial score (nSPS) is 12.2. The second kappa shape index (κ2) is 9.54. The van der Waals surface area contributed by atoms with Crippen molar-refractivity contribution < 1.29 is 17.9 Å². The molecule has 30 heavy (non-hydrogen) atoms. The van der Waals surface area contributed by atoms with Crippen molar-refractivity contribution in [2.75, 3.05) is 5.75 Å². The van der Waals surface area contributed by atoms with E-state index < -0.39 is 15.7 Å². The molecular formula is C23H24N2O4S. The molecule has 0 saturated heterocycles. The van der Waals surface area contributed by atoms with Gasteiger partial charge in [-0.3, -0.25) is 9.78 Å². The van der Waals surface area contributed by atoms with Crippen molar-refractivity contribution >= 4 is 15.7 Å². The first-order valence-corrected chi connectivity index (χ1v) is 11.3. The lowest BCUT2D eigenvalue weighted by atomic mass is 10.1. The van der Waals surface area contributed by atoms with Gasteiger partial charge in [-0.15, -0.1) is 0 Å². The Kier molecular flexibility index (Phi) is 6.84. The minimum Gasteiger partial charge on any atom is -0.489 e. The molecule has 0 spiro atoms. The van der Waals surface area contributed by atoms with Crippen molar-refractivity contribution in [3.63, 3.8) is 0 Å². The van der Waals surface area contributed by atoms with Crippen LogP contribution in [0.25, 0.3) is 0 Å². The number of carbonyl (C=O) groups is 1. The van der Waals surface area contributed by atoms with Gasteiger partial charge in [0.15, 0.2) is 9.84 Å². The quantitative estimate of drug-likeness (QED) is 0.592. The number of benzene rings is 2. The van der Waals surface area contributed by atoms with E-state index in [0.717, 1.165) is 11.1 Å². The van der Waals surface area contributed by atoms with E-state index in [1.165, 1.54) is 12.1 Å². The van der Waals surface area contributed by atoms with Crippen molar-refractivity contribution in [3.05, 3.63) is 89.7 Å². The van der Waals surface area contributed by atoms with Crippen molar-refractivity contribution in [2.24, 2.45) is 0 Å². The number of aromatic nitrogens is 1. The highest BCUT2D eigenvalue weighted by atomic mass is 32.2. The van der Waals surface area contributed by atoms with Crippen molar-refractivity contribution in [1.82, 2.24) is 10.3 Å². The molecule has 0 saturated carbocycles. The van der Waals surface area contributed by atoms with Crippen LogP contribution < -0.4 is 10.1 Å². The summed E-state index contributed by atoms with van der Waals surface area (Å²) < 4.78 is 30.3. The number of hydrogen-bond donors (Lipinski definition) is 1. The van der Waals surface area contributed by atoms with Crippen molar-refractivity contribution in [2.45, 2.75) is 31.4 Å². The minimum atomic E-state index is -3.49. The zero-order chi connectivity index (χ0) is 21.6. The fraction of sp³-hybridized carbons (Fsp3) is 0.217. The van der Waals surface area contributed by atoms with Gasteiger partial charge in [-0.05, 0) is 42.8 Å². The van der Waals surface area contributed by atoms with E-state index in [1.807, 2.05) is 43.3 Å². The maximum Gasteiger partial charge on any atom is 0.253 e. The Morgan fingerprint density at radius 3 is 2.47 bits per heavy atom. The molecule has 0 fully saturated rings. The van der Waals surface area contributed by atoms with Crippen LogP contribution in [0.2, 0.25) is 0 Å². The van der Waals surface area contributed by atoms with Crippen LogP contribution in [-0.2, 0) is 16.4 Å². The van der Waals surface area contributed by atoms with Crippen LogP contribution in [0.5, 0.6) is 5.75 Å². The van der Waals surface area contributed by atoms with Crippen molar-refractivity contribution in [3.8, 4) is 5.75 Å². The molecule has 1 aromatic heterocycles. The predicted molar refractivity (Wildman–Crippen MR) is 115 cm³/mol. The Hall–Kier alpha value is -3.19. The highest BCUT2D eigenvalue weighted by molar-refractivity contribution is 7.91. The predicted octanol–water partition coefficient (Wildman–Crippen LogP) is 3.95. The SMILES string of the molecule is CCS(=O)(=O)c1ccccc1C(=O)NC(C)c1ccc(OCc2cccnc2)cc1. The van der Waals surface area contributed by atoms with Gasteiger partial charge in [0.2, 0.25) is 0 Å². The smallest absolute Gasteiger partial charge is 0.253 e. The van der Waals surface area contributed by atoms with Crippen molar-refractivity contribution in [1.29, 1.82) is 0 Å². The molecule has 0 aliphatic carbocycles. The topological polar surface area (TPSA) is 85.4 Å². The summed E-state index contributed by atoms with van der Waals surface area (Å²) in [5.74, 6) is 0.223. The van der Waals surface area contributed by atoms with Crippen LogP contribution >= 0.6 is 0 Å². The molecule has 0 radical (unpaired) electrons. The molecule has 156 valence electrons. The standard InChI is InChI=1S/C23H24N2O4S/c1-3-30(27,28)22-9-5-4-8-21(22)23(26)25-17(2)19-10-12-20(13-11-19)29-16-18-7-6-14-24-15-18/h4-15,17H,3,16H2,1-2H3,(H,25,26). The first-order valence-electron chi connectivity index (χ1n) is 9.65. The first kappa shape index (κ1) is 21.5. The summed E-state index contributed by atoms with van der Waals surface area (Å²) in [5.41, 5.74) is 2.01. The third-order valence-corrected chi connectivity index (χ3v) is 6.49. The number of nitrogens with zero attached hydrogens (tertiary/aromatic N) is 1.